The molecule has 0 aliphatic carbocycles. The fourth-order valence-electron chi connectivity index (χ4n) is 3.26. The second-order valence-corrected chi connectivity index (χ2v) is 8.09. The van der Waals surface area contributed by atoms with Gasteiger partial charge in [0.15, 0.2) is 5.76 Å². The average molecular weight is 376 g/mol. The summed E-state index contributed by atoms with van der Waals surface area (Å²) in [6, 6.07) is 3.60. The lowest BCUT2D eigenvalue weighted by molar-refractivity contribution is 0.0238. The van der Waals surface area contributed by atoms with Gasteiger partial charge in [-0.3, -0.25) is 4.90 Å². The van der Waals surface area contributed by atoms with Crippen LogP contribution in [0, 0.1) is 5.92 Å². The number of amides is 1. The van der Waals surface area contributed by atoms with E-state index in [-0.39, 0.29) is 6.09 Å². The molecular formula is C19H28N4O4. The zero-order valence-electron chi connectivity index (χ0n) is 16.5. The summed E-state index contributed by atoms with van der Waals surface area (Å²) in [7, 11) is 1.79. The lowest BCUT2D eigenvalue weighted by atomic mass is 9.97. The summed E-state index contributed by atoms with van der Waals surface area (Å²) in [5.74, 6) is 2.03. The number of piperidine rings is 1. The van der Waals surface area contributed by atoms with Gasteiger partial charge in [0, 0.05) is 20.1 Å². The van der Waals surface area contributed by atoms with Crippen molar-refractivity contribution < 1.29 is 18.5 Å². The molecule has 0 aromatic carbocycles. The number of carbonyl (C=O) groups excluding carboxylic acids is 1. The first-order chi connectivity index (χ1) is 12.8. The van der Waals surface area contributed by atoms with Gasteiger partial charge in [0.2, 0.25) is 11.7 Å². The van der Waals surface area contributed by atoms with Gasteiger partial charge in [0.05, 0.1) is 12.8 Å². The van der Waals surface area contributed by atoms with Crippen LogP contribution in [0.15, 0.2) is 27.3 Å². The zero-order valence-corrected chi connectivity index (χ0v) is 16.5. The van der Waals surface area contributed by atoms with Crippen LogP contribution < -0.4 is 0 Å². The summed E-state index contributed by atoms with van der Waals surface area (Å²) in [5.41, 5.74) is -0.479. The second kappa shape index (κ2) is 8.12. The number of rotatable bonds is 5. The molecule has 148 valence electrons. The number of aromatic nitrogens is 2. The SMILES string of the molecule is CN(CC1CCCN(Cc2nc(-c3ccco3)no2)C1)C(=O)OC(C)(C)C. The quantitative estimate of drug-likeness (QED) is 0.790. The molecule has 1 fully saturated rings. The van der Waals surface area contributed by atoms with Gasteiger partial charge in [-0.1, -0.05) is 5.16 Å². The Kier molecular flexibility index (Phi) is 5.84. The van der Waals surface area contributed by atoms with Gasteiger partial charge >= 0.3 is 6.09 Å². The van der Waals surface area contributed by atoms with Crippen LogP contribution >= 0.6 is 0 Å². The Bertz CT molecular complexity index is 735. The molecule has 0 saturated carbocycles. The molecule has 0 radical (unpaired) electrons. The number of furan rings is 1. The maximum atomic E-state index is 12.2. The van der Waals surface area contributed by atoms with Crippen LogP contribution in [0.1, 0.15) is 39.5 Å². The van der Waals surface area contributed by atoms with E-state index in [2.05, 4.69) is 15.0 Å². The second-order valence-electron chi connectivity index (χ2n) is 8.09. The maximum Gasteiger partial charge on any atom is 0.410 e. The molecule has 1 amide bonds. The number of ether oxygens (including phenoxy) is 1. The molecule has 1 unspecified atom stereocenters. The van der Waals surface area contributed by atoms with Gasteiger partial charge in [-0.2, -0.15) is 4.98 Å². The van der Waals surface area contributed by atoms with Gasteiger partial charge in [0.1, 0.15) is 5.60 Å². The highest BCUT2D eigenvalue weighted by atomic mass is 16.6. The van der Waals surface area contributed by atoms with Crippen molar-refractivity contribution in [1.82, 2.24) is 19.9 Å². The third-order valence-electron chi connectivity index (χ3n) is 4.41. The van der Waals surface area contributed by atoms with E-state index in [1.54, 1.807) is 30.3 Å². The first-order valence-corrected chi connectivity index (χ1v) is 9.33. The number of hydrogen-bond donors (Lipinski definition) is 0. The number of carbonyl (C=O) groups is 1. The van der Waals surface area contributed by atoms with Crippen molar-refractivity contribution >= 4 is 6.09 Å². The number of likely N-dealkylation sites (tertiary alicyclic amines) is 1. The molecule has 0 bridgehead atoms. The highest BCUT2D eigenvalue weighted by Gasteiger charge is 2.26. The molecule has 2 aromatic rings. The predicted octanol–water partition coefficient (Wildman–Crippen LogP) is 3.41. The van der Waals surface area contributed by atoms with Crippen LogP contribution in [0.5, 0.6) is 0 Å². The lowest BCUT2D eigenvalue weighted by Gasteiger charge is -2.34. The molecule has 0 spiro atoms. The number of hydrogen-bond acceptors (Lipinski definition) is 7. The summed E-state index contributed by atoms with van der Waals surface area (Å²) < 4.78 is 16.1. The van der Waals surface area contributed by atoms with Crippen LogP contribution in [-0.4, -0.2) is 58.3 Å². The minimum Gasteiger partial charge on any atom is -0.461 e. The van der Waals surface area contributed by atoms with Crippen molar-refractivity contribution in [3.8, 4) is 11.6 Å². The zero-order chi connectivity index (χ0) is 19.4. The third kappa shape index (κ3) is 5.56. The lowest BCUT2D eigenvalue weighted by Crippen LogP contribution is -2.42. The Balaban J connectivity index is 1.51. The van der Waals surface area contributed by atoms with Crippen molar-refractivity contribution in [1.29, 1.82) is 0 Å². The molecule has 27 heavy (non-hydrogen) atoms. The summed E-state index contributed by atoms with van der Waals surface area (Å²) in [6.07, 6.45) is 3.47. The third-order valence-corrected chi connectivity index (χ3v) is 4.41. The van der Waals surface area contributed by atoms with Crippen LogP contribution in [0.3, 0.4) is 0 Å². The van der Waals surface area contributed by atoms with Gasteiger partial charge in [-0.25, -0.2) is 4.79 Å². The smallest absolute Gasteiger partial charge is 0.410 e. The van der Waals surface area contributed by atoms with Gasteiger partial charge in [-0.15, -0.1) is 0 Å². The van der Waals surface area contributed by atoms with E-state index in [0.29, 0.717) is 36.5 Å². The molecule has 1 aliphatic heterocycles. The van der Waals surface area contributed by atoms with E-state index in [1.165, 1.54) is 0 Å². The van der Waals surface area contributed by atoms with E-state index in [0.717, 1.165) is 25.9 Å². The number of nitrogens with zero attached hydrogens (tertiary/aromatic N) is 4. The summed E-state index contributed by atoms with van der Waals surface area (Å²) >= 11 is 0. The fraction of sp³-hybridized carbons (Fsp3) is 0.632. The molecule has 3 rings (SSSR count). The Morgan fingerprint density at radius 2 is 2.26 bits per heavy atom. The summed E-state index contributed by atoms with van der Waals surface area (Å²) in [5, 5.41) is 3.97. The van der Waals surface area contributed by atoms with Gasteiger partial charge < -0.3 is 18.6 Å². The van der Waals surface area contributed by atoms with Crippen molar-refractivity contribution in [3.63, 3.8) is 0 Å². The minimum atomic E-state index is -0.479. The van der Waals surface area contributed by atoms with Crippen LogP contribution in [0.4, 0.5) is 4.79 Å². The minimum absolute atomic E-state index is 0.278. The molecule has 1 atom stereocenters. The van der Waals surface area contributed by atoms with Crippen molar-refractivity contribution in [2.75, 3.05) is 26.7 Å². The van der Waals surface area contributed by atoms with Gasteiger partial charge in [0.25, 0.3) is 0 Å². The predicted molar refractivity (Wildman–Crippen MR) is 98.9 cm³/mol. The van der Waals surface area contributed by atoms with Crippen molar-refractivity contribution in [2.45, 2.75) is 45.8 Å². The fourth-order valence-corrected chi connectivity index (χ4v) is 3.26. The van der Waals surface area contributed by atoms with Gasteiger partial charge in [-0.05, 0) is 58.2 Å². The molecule has 0 N–H and O–H groups in total. The monoisotopic (exact) mass is 376 g/mol. The molecule has 8 nitrogen and oxygen atoms in total. The van der Waals surface area contributed by atoms with E-state index >= 15 is 0 Å². The van der Waals surface area contributed by atoms with Crippen LogP contribution in [0.25, 0.3) is 11.6 Å². The maximum absolute atomic E-state index is 12.2. The largest absolute Gasteiger partial charge is 0.461 e. The molecule has 3 heterocycles. The standard InChI is InChI=1S/C19H28N4O4/c1-19(2,3)26-18(24)22(4)11-14-7-5-9-23(12-14)13-16-20-17(21-27-16)15-8-6-10-25-15/h6,8,10,14H,5,7,9,11-13H2,1-4H3. The highest BCUT2D eigenvalue weighted by molar-refractivity contribution is 5.67. The average Bonchev–Trinajstić information content (AvgIpc) is 3.24. The Labute approximate surface area is 159 Å². The summed E-state index contributed by atoms with van der Waals surface area (Å²) in [6.45, 7) is 8.76. The van der Waals surface area contributed by atoms with E-state index in [4.69, 9.17) is 13.7 Å². The molecule has 2 aromatic heterocycles. The van der Waals surface area contributed by atoms with E-state index < -0.39 is 5.60 Å². The first-order valence-electron chi connectivity index (χ1n) is 9.33. The topological polar surface area (TPSA) is 84.8 Å². The Hall–Kier alpha value is -2.35. The Morgan fingerprint density at radius 3 is 2.96 bits per heavy atom. The highest BCUT2D eigenvalue weighted by Crippen LogP contribution is 2.21. The normalized spacial score (nSPS) is 18.4. The first kappa shape index (κ1) is 19.4. The molecule has 1 saturated heterocycles. The molecule has 1 aliphatic rings. The van der Waals surface area contributed by atoms with Crippen LogP contribution in [-0.2, 0) is 11.3 Å². The molecule has 8 heteroatoms. The van der Waals surface area contributed by atoms with Crippen molar-refractivity contribution in [2.24, 2.45) is 5.92 Å². The van der Waals surface area contributed by atoms with Crippen LogP contribution in [0.2, 0.25) is 0 Å². The molecular weight excluding hydrogens is 348 g/mol. The van der Waals surface area contributed by atoms with Crippen molar-refractivity contribution in [3.05, 3.63) is 24.3 Å². The summed E-state index contributed by atoms with van der Waals surface area (Å²) in [4.78, 5) is 20.5. The van der Waals surface area contributed by atoms with E-state index in [1.807, 2.05) is 20.8 Å². The Morgan fingerprint density at radius 1 is 1.44 bits per heavy atom. The van der Waals surface area contributed by atoms with E-state index in [9.17, 15) is 4.79 Å².